The van der Waals surface area contributed by atoms with E-state index in [-0.39, 0.29) is 59.5 Å². The lowest BCUT2D eigenvalue weighted by Gasteiger charge is -2.42. The highest BCUT2D eigenvalue weighted by Gasteiger charge is 2.77. The molecule has 0 aromatic rings. The topological polar surface area (TPSA) is 108 Å². The Labute approximate surface area is 211 Å². The van der Waals surface area contributed by atoms with E-state index in [0.717, 1.165) is 6.42 Å². The van der Waals surface area contributed by atoms with Crippen LogP contribution in [0.5, 0.6) is 0 Å². The first-order valence-electron chi connectivity index (χ1n) is 13.1. The first-order chi connectivity index (χ1) is 16.7. The lowest BCUT2D eigenvalue weighted by molar-refractivity contribution is -0.257. The van der Waals surface area contributed by atoms with Crippen molar-refractivity contribution in [3.05, 3.63) is 23.5 Å². The first kappa shape index (κ1) is 24.2. The molecule has 0 aromatic carbocycles. The van der Waals surface area contributed by atoms with Gasteiger partial charge in [0.25, 0.3) is 0 Å². The summed E-state index contributed by atoms with van der Waals surface area (Å²) in [6.07, 6.45) is 5.58. The lowest BCUT2D eigenvalue weighted by Crippen LogP contribution is -2.50. The summed E-state index contributed by atoms with van der Waals surface area (Å²) < 4.78 is 23.9. The zero-order chi connectivity index (χ0) is 26.1. The largest absolute Gasteiger partial charge is 0.459 e. The molecule has 2 saturated carbocycles. The van der Waals surface area contributed by atoms with E-state index in [1.165, 1.54) is 0 Å². The summed E-state index contributed by atoms with van der Waals surface area (Å²) >= 11 is 0. The minimum Gasteiger partial charge on any atom is -0.459 e. The molecule has 9 atom stereocenters. The molecular weight excluding hydrogens is 464 g/mol. The van der Waals surface area contributed by atoms with Gasteiger partial charge < -0.3 is 24.1 Å². The fourth-order valence-electron chi connectivity index (χ4n) is 8.51. The molecule has 8 heteroatoms. The summed E-state index contributed by atoms with van der Waals surface area (Å²) in [5, 5.41) is 12.1. The maximum atomic E-state index is 12.9. The molecule has 6 rings (SSSR count). The third-order valence-corrected chi connectivity index (χ3v) is 11.0. The smallest absolute Gasteiger partial charge is 0.339 e. The normalized spacial score (nSPS) is 50.5. The fourth-order valence-corrected chi connectivity index (χ4v) is 8.51. The van der Waals surface area contributed by atoms with E-state index in [0.29, 0.717) is 30.6 Å². The van der Waals surface area contributed by atoms with Crippen molar-refractivity contribution in [1.29, 1.82) is 0 Å². The van der Waals surface area contributed by atoms with Crippen molar-refractivity contribution in [2.75, 3.05) is 0 Å². The number of fused-ring (bicyclic) bond motifs is 6. The Morgan fingerprint density at radius 1 is 1.06 bits per heavy atom. The van der Waals surface area contributed by atoms with E-state index >= 15 is 0 Å². The summed E-state index contributed by atoms with van der Waals surface area (Å²) in [6.45, 7) is 11.7. The molecule has 0 aromatic heterocycles. The van der Waals surface area contributed by atoms with Crippen LogP contribution in [-0.2, 0) is 33.3 Å². The molecule has 0 amide bonds. The van der Waals surface area contributed by atoms with Gasteiger partial charge in [-0.2, -0.15) is 0 Å². The Bertz CT molecular complexity index is 1140. The highest BCUT2D eigenvalue weighted by molar-refractivity contribution is 5.92. The Hall–Kier alpha value is -2.19. The van der Waals surface area contributed by atoms with E-state index in [2.05, 4.69) is 6.92 Å². The Morgan fingerprint density at radius 3 is 2.44 bits per heavy atom. The molecule has 8 nitrogen and oxygen atoms in total. The van der Waals surface area contributed by atoms with Crippen molar-refractivity contribution in [3.63, 3.8) is 0 Å². The summed E-state index contributed by atoms with van der Waals surface area (Å²) in [6, 6.07) is 0. The number of esters is 3. The van der Waals surface area contributed by atoms with Crippen molar-refractivity contribution in [2.24, 2.45) is 34.5 Å². The Kier molecular flexibility index (Phi) is 4.71. The summed E-state index contributed by atoms with van der Waals surface area (Å²) in [4.78, 5) is 37.5. The van der Waals surface area contributed by atoms with Gasteiger partial charge in [-0.3, -0.25) is 9.59 Å². The van der Waals surface area contributed by atoms with Gasteiger partial charge >= 0.3 is 17.9 Å². The molecule has 0 bridgehead atoms. The molecule has 3 saturated heterocycles. The molecule has 1 N–H and O–H groups in total. The number of carbonyl (C=O) groups excluding carboxylic acids is 3. The van der Waals surface area contributed by atoms with Gasteiger partial charge in [0.2, 0.25) is 5.79 Å². The highest BCUT2D eigenvalue weighted by Crippen LogP contribution is 2.70. The second kappa shape index (κ2) is 7.01. The Morgan fingerprint density at radius 2 is 1.78 bits per heavy atom. The average Bonchev–Trinajstić information content (AvgIpc) is 3.40. The molecule has 4 heterocycles. The average molecular weight is 501 g/mol. The molecule has 0 spiro atoms. The van der Waals surface area contributed by atoms with Crippen LogP contribution in [0.15, 0.2) is 23.5 Å². The van der Waals surface area contributed by atoms with Gasteiger partial charge in [0.05, 0.1) is 24.0 Å². The fraction of sp³-hybridized carbons (Fsp3) is 0.750. The van der Waals surface area contributed by atoms with Gasteiger partial charge in [0, 0.05) is 34.2 Å². The van der Waals surface area contributed by atoms with Crippen molar-refractivity contribution in [2.45, 2.75) is 96.7 Å². The minimum absolute atomic E-state index is 0.113. The highest BCUT2D eigenvalue weighted by atomic mass is 16.7. The van der Waals surface area contributed by atoms with Crippen LogP contribution in [0.25, 0.3) is 0 Å². The predicted molar refractivity (Wildman–Crippen MR) is 126 cm³/mol. The number of ether oxygens (including phenoxy) is 4. The van der Waals surface area contributed by atoms with Crippen molar-refractivity contribution in [1.82, 2.24) is 0 Å². The molecule has 6 aliphatic rings. The zero-order valence-electron chi connectivity index (χ0n) is 21.9. The minimum atomic E-state index is -1.21. The van der Waals surface area contributed by atoms with Crippen LogP contribution in [0.2, 0.25) is 0 Å². The molecule has 36 heavy (non-hydrogen) atoms. The number of hydrogen-bond donors (Lipinski definition) is 1. The maximum absolute atomic E-state index is 12.9. The number of hydrogen-bond acceptors (Lipinski definition) is 8. The van der Waals surface area contributed by atoms with E-state index in [9.17, 15) is 19.5 Å². The van der Waals surface area contributed by atoms with Gasteiger partial charge in [-0.1, -0.05) is 20.8 Å². The van der Waals surface area contributed by atoms with Gasteiger partial charge in [-0.15, -0.1) is 0 Å². The van der Waals surface area contributed by atoms with Crippen LogP contribution in [0, 0.1) is 34.5 Å². The monoisotopic (exact) mass is 500 g/mol. The summed E-state index contributed by atoms with van der Waals surface area (Å²) in [7, 11) is 0. The van der Waals surface area contributed by atoms with E-state index < -0.39 is 22.4 Å². The lowest BCUT2D eigenvalue weighted by atomic mass is 9.64. The number of rotatable bonds is 2. The summed E-state index contributed by atoms with van der Waals surface area (Å²) in [5.41, 5.74) is -2.22. The zero-order valence-corrected chi connectivity index (χ0v) is 21.9. The van der Waals surface area contributed by atoms with Crippen LogP contribution in [-0.4, -0.2) is 46.1 Å². The SMILES string of the molecule is CC1=C/C(=C\[C@H](C)[C@]23OC(=O)C[C@]2(C)[C@H]2C[C@]4(O)C[C@@H]5C(=O)OC(C)(C)[C@]5(C)CC[C@@H]4[C@H]2O3)OC1=O. The summed E-state index contributed by atoms with van der Waals surface area (Å²) in [5.74, 6) is -2.79. The van der Waals surface area contributed by atoms with Crippen LogP contribution in [0.4, 0.5) is 0 Å². The van der Waals surface area contributed by atoms with Crippen LogP contribution in [0.3, 0.4) is 0 Å². The number of carbonyl (C=O) groups is 3. The third kappa shape index (κ3) is 2.80. The number of aliphatic hydroxyl groups is 1. The van der Waals surface area contributed by atoms with Crippen molar-refractivity contribution in [3.8, 4) is 0 Å². The Balaban J connectivity index is 1.35. The molecule has 0 unspecified atom stereocenters. The molecule has 5 fully saturated rings. The number of cyclic esters (lactones) is 2. The van der Waals surface area contributed by atoms with Crippen LogP contribution >= 0.6 is 0 Å². The maximum Gasteiger partial charge on any atom is 0.339 e. The molecule has 4 aliphatic heterocycles. The quantitative estimate of drug-likeness (QED) is 0.453. The molecule has 196 valence electrons. The first-order valence-corrected chi connectivity index (χ1v) is 13.1. The number of allylic oxidation sites excluding steroid dienone is 1. The van der Waals surface area contributed by atoms with Crippen molar-refractivity contribution < 1.29 is 38.4 Å². The third-order valence-electron chi connectivity index (χ3n) is 11.0. The molecule has 2 aliphatic carbocycles. The standard InChI is InChI=1S/C28H36O8/c1-14-9-16(33-22(14)30)10-15(2)28-26(6,13-20(29)34-28)18-11-27(32)12-19-23(31)36-24(3,4)25(19,5)8-7-17(27)21(18)35-28/h9-10,15,17-19,21,32H,7-8,11-13H2,1-6H3/b16-10+/t15-,17+,18-,19+,21+,25+,26+,27-,28+/m0/s1. The van der Waals surface area contributed by atoms with Gasteiger partial charge in [-0.25, -0.2) is 4.79 Å². The second-order valence-electron chi connectivity index (χ2n) is 13.1. The van der Waals surface area contributed by atoms with Crippen molar-refractivity contribution >= 4 is 17.9 Å². The van der Waals surface area contributed by atoms with Gasteiger partial charge in [-0.05, 0) is 58.6 Å². The molecule has 0 radical (unpaired) electrons. The van der Waals surface area contributed by atoms with E-state index in [4.69, 9.17) is 18.9 Å². The van der Waals surface area contributed by atoms with Crippen LogP contribution in [0.1, 0.15) is 73.6 Å². The predicted octanol–water partition coefficient (Wildman–Crippen LogP) is 3.57. The van der Waals surface area contributed by atoms with E-state index in [1.54, 1.807) is 19.1 Å². The van der Waals surface area contributed by atoms with Crippen LogP contribution < -0.4 is 0 Å². The molecular formula is C28H36O8. The van der Waals surface area contributed by atoms with E-state index in [1.807, 2.05) is 27.7 Å². The second-order valence-corrected chi connectivity index (χ2v) is 13.1. The van der Waals surface area contributed by atoms with Gasteiger partial charge in [0.1, 0.15) is 11.4 Å². The van der Waals surface area contributed by atoms with Gasteiger partial charge in [0.15, 0.2) is 0 Å².